The minimum absolute atomic E-state index is 0.286. The number of benzene rings is 1. The van der Waals surface area contributed by atoms with E-state index in [1.807, 2.05) is 25.1 Å². The molecular weight excluding hydrogens is 234 g/mol. The summed E-state index contributed by atoms with van der Waals surface area (Å²) in [7, 11) is 0. The second-order valence-electron chi connectivity index (χ2n) is 4.33. The van der Waals surface area contributed by atoms with Crippen LogP contribution in [0, 0.1) is 0 Å². The van der Waals surface area contributed by atoms with Crippen LogP contribution in [0.2, 0.25) is 0 Å². The maximum absolute atomic E-state index is 14.1. The SMILES string of the molecule is CCCOC1(F)C=CC(c2ccccc2)=C(F)C1. The fourth-order valence-corrected chi connectivity index (χ4v) is 1.91. The monoisotopic (exact) mass is 250 g/mol. The van der Waals surface area contributed by atoms with E-state index in [0.29, 0.717) is 12.0 Å². The maximum Gasteiger partial charge on any atom is 0.235 e. The maximum atomic E-state index is 14.1. The lowest BCUT2D eigenvalue weighted by Crippen LogP contribution is -2.27. The van der Waals surface area contributed by atoms with Gasteiger partial charge < -0.3 is 4.74 Å². The number of ether oxygens (including phenoxy) is 1. The number of hydrogen-bond donors (Lipinski definition) is 0. The lowest BCUT2D eigenvalue weighted by Gasteiger charge is -2.25. The first-order valence-corrected chi connectivity index (χ1v) is 6.11. The van der Waals surface area contributed by atoms with Crippen molar-refractivity contribution < 1.29 is 13.5 Å². The Hall–Kier alpha value is -1.48. The molecule has 0 fully saturated rings. The zero-order chi connectivity index (χ0) is 13.0. The van der Waals surface area contributed by atoms with E-state index in [-0.39, 0.29) is 13.0 Å². The summed E-state index contributed by atoms with van der Waals surface area (Å²) < 4.78 is 33.1. The third kappa shape index (κ3) is 2.85. The second-order valence-corrected chi connectivity index (χ2v) is 4.33. The van der Waals surface area contributed by atoms with Crippen LogP contribution in [0.15, 0.2) is 48.3 Å². The molecule has 0 spiro atoms. The van der Waals surface area contributed by atoms with Crippen LogP contribution < -0.4 is 0 Å². The number of alkyl halides is 1. The standard InChI is InChI=1S/C15H16F2O/c1-2-10-18-15(17)9-8-13(14(16)11-15)12-6-4-3-5-7-12/h3-9H,2,10-11H2,1H3. The highest BCUT2D eigenvalue weighted by molar-refractivity contribution is 5.76. The number of allylic oxidation sites excluding steroid dienone is 2. The largest absolute Gasteiger partial charge is 0.342 e. The molecule has 0 heterocycles. The van der Waals surface area contributed by atoms with Crippen LogP contribution >= 0.6 is 0 Å². The zero-order valence-corrected chi connectivity index (χ0v) is 10.3. The van der Waals surface area contributed by atoms with E-state index in [1.165, 1.54) is 12.2 Å². The Bertz CT molecular complexity index is 465. The molecule has 1 aromatic rings. The Balaban J connectivity index is 2.18. The first-order chi connectivity index (χ1) is 8.64. The Labute approximate surface area is 106 Å². The molecule has 0 aromatic heterocycles. The van der Waals surface area contributed by atoms with Crippen LogP contribution in [0.1, 0.15) is 25.3 Å². The Morgan fingerprint density at radius 2 is 2.00 bits per heavy atom. The van der Waals surface area contributed by atoms with Crippen LogP contribution in [-0.4, -0.2) is 12.5 Å². The summed E-state index contributed by atoms with van der Waals surface area (Å²) in [6.07, 6.45) is 3.11. The van der Waals surface area contributed by atoms with Gasteiger partial charge in [-0.3, -0.25) is 0 Å². The minimum Gasteiger partial charge on any atom is -0.342 e. The molecule has 96 valence electrons. The van der Waals surface area contributed by atoms with Gasteiger partial charge in [0.1, 0.15) is 5.83 Å². The van der Waals surface area contributed by atoms with Crippen molar-refractivity contribution in [2.45, 2.75) is 25.6 Å². The molecule has 0 radical (unpaired) electrons. The first kappa shape index (κ1) is 13.0. The first-order valence-electron chi connectivity index (χ1n) is 6.11. The highest BCUT2D eigenvalue weighted by Gasteiger charge is 2.33. The highest BCUT2D eigenvalue weighted by atomic mass is 19.2. The Morgan fingerprint density at radius 3 is 2.61 bits per heavy atom. The zero-order valence-electron chi connectivity index (χ0n) is 10.3. The summed E-state index contributed by atoms with van der Waals surface area (Å²) in [5.74, 6) is -2.47. The topological polar surface area (TPSA) is 9.23 Å². The normalized spacial score (nSPS) is 23.5. The van der Waals surface area contributed by atoms with E-state index in [9.17, 15) is 8.78 Å². The Morgan fingerprint density at radius 1 is 1.28 bits per heavy atom. The molecule has 3 heteroatoms. The quantitative estimate of drug-likeness (QED) is 0.768. The smallest absolute Gasteiger partial charge is 0.235 e. The van der Waals surface area contributed by atoms with E-state index in [2.05, 4.69) is 0 Å². The summed E-state index contributed by atoms with van der Waals surface area (Å²) >= 11 is 0. The van der Waals surface area contributed by atoms with Crippen LogP contribution in [-0.2, 0) is 4.74 Å². The van der Waals surface area contributed by atoms with Crippen LogP contribution in [0.4, 0.5) is 8.78 Å². The van der Waals surface area contributed by atoms with Crippen molar-refractivity contribution in [2.24, 2.45) is 0 Å². The van der Waals surface area contributed by atoms with Crippen LogP contribution in [0.25, 0.3) is 5.57 Å². The van der Waals surface area contributed by atoms with Crippen molar-refractivity contribution in [3.05, 3.63) is 53.9 Å². The summed E-state index contributed by atoms with van der Waals surface area (Å²) in [5.41, 5.74) is 1.19. The third-order valence-corrected chi connectivity index (χ3v) is 2.82. The van der Waals surface area contributed by atoms with Gasteiger partial charge in [-0.15, -0.1) is 0 Å². The molecule has 0 amide bonds. The minimum atomic E-state index is -2.00. The van der Waals surface area contributed by atoms with Crippen LogP contribution in [0.5, 0.6) is 0 Å². The summed E-state index contributed by atoms with van der Waals surface area (Å²) in [6.45, 7) is 2.17. The van der Waals surface area contributed by atoms with Gasteiger partial charge in [-0.2, -0.15) is 0 Å². The van der Waals surface area contributed by atoms with Gasteiger partial charge in [-0.25, -0.2) is 8.78 Å². The van der Waals surface area contributed by atoms with Crippen molar-refractivity contribution in [3.8, 4) is 0 Å². The lowest BCUT2D eigenvalue weighted by atomic mass is 9.96. The highest BCUT2D eigenvalue weighted by Crippen LogP contribution is 2.36. The summed E-state index contributed by atoms with van der Waals surface area (Å²) in [4.78, 5) is 0. The van der Waals surface area contributed by atoms with Gasteiger partial charge in [0.2, 0.25) is 5.85 Å². The average Bonchev–Trinajstić information content (AvgIpc) is 2.38. The van der Waals surface area contributed by atoms with Gasteiger partial charge in [0.05, 0.1) is 13.0 Å². The molecule has 0 N–H and O–H groups in total. The van der Waals surface area contributed by atoms with Gasteiger partial charge in [-0.1, -0.05) is 43.3 Å². The van der Waals surface area contributed by atoms with Gasteiger partial charge in [0, 0.05) is 5.57 Å². The summed E-state index contributed by atoms with van der Waals surface area (Å²) in [5, 5.41) is 0. The predicted molar refractivity (Wildman–Crippen MR) is 68.3 cm³/mol. The Kier molecular flexibility index (Phi) is 3.92. The molecule has 0 bridgehead atoms. The average molecular weight is 250 g/mol. The molecule has 1 aromatic carbocycles. The van der Waals surface area contributed by atoms with Gasteiger partial charge in [-0.05, 0) is 18.1 Å². The molecule has 1 atom stereocenters. The molecule has 1 aliphatic carbocycles. The summed E-state index contributed by atoms with van der Waals surface area (Å²) in [6, 6.07) is 9.12. The molecule has 2 rings (SSSR count). The fraction of sp³-hybridized carbons (Fsp3) is 0.333. The molecule has 0 saturated heterocycles. The van der Waals surface area contributed by atoms with Crippen LogP contribution in [0.3, 0.4) is 0 Å². The van der Waals surface area contributed by atoms with Crippen molar-refractivity contribution in [3.63, 3.8) is 0 Å². The van der Waals surface area contributed by atoms with E-state index in [1.54, 1.807) is 12.1 Å². The third-order valence-electron chi connectivity index (χ3n) is 2.82. The van der Waals surface area contributed by atoms with Crippen molar-refractivity contribution in [1.82, 2.24) is 0 Å². The van der Waals surface area contributed by atoms with Gasteiger partial charge >= 0.3 is 0 Å². The van der Waals surface area contributed by atoms with E-state index < -0.39 is 11.7 Å². The predicted octanol–water partition coefficient (Wildman–Crippen LogP) is 4.42. The number of hydrogen-bond acceptors (Lipinski definition) is 1. The molecular formula is C15H16F2O. The molecule has 0 saturated carbocycles. The molecule has 1 unspecified atom stereocenters. The molecule has 0 aliphatic heterocycles. The van der Waals surface area contributed by atoms with E-state index in [0.717, 1.165) is 5.56 Å². The molecule has 1 nitrogen and oxygen atoms in total. The molecule has 18 heavy (non-hydrogen) atoms. The second kappa shape index (κ2) is 5.44. The van der Waals surface area contributed by atoms with E-state index >= 15 is 0 Å². The fourth-order valence-electron chi connectivity index (χ4n) is 1.91. The van der Waals surface area contributed by atoms with Crippen molar-refractivity contribution >= 4 is 5.57 Å². The van der Waals surface area contributed by atoms with Gasteiger partial charge in [0.15, 0.2) is 0 Å². The van der Waals surface area contributed by atoms with Gasteiger partial charge in [0.25, 0.3) is 0 Å². The van der Waals surface area contributed by atoms with E-state index in [4.69, 9.17) is 4.74 Å². The lowest BCUT2D eigenvalue weighted by molar-refractivity contribution is -0.108. The number of rotatable bonds is 4. The van der Waals surface area contributed by atoms with Crippen molar-refractivity contribution in [1.29, 1.82) is 0 Å². The molecule has 1 aliphatic rings. The van der Waals surface area contributed by atoms with Crippen molar-refractivity contribution in [2.75, 3.05) is 6.61 Å². The number of halogens is 2.